The summed E-state index contributed by atoms with van der Waals surface area (Å²) >= 11 is 0. The van der Waals surface area contributed by atoms with Crippen molar-refractivity contribution in [3.63, 3.8) is 0 Å². The smallest absolute Gasteiger partial charge is 0.0325 e. The summed E-state index contributed by atoms with van der Waals surface area (Å²) in [6, 6.07) is 12.1. The van der Waals surface area contributed by atoms with Crippen molar-refractivity contribution in [2.45, 2.75) is 75.5 Å². The Labute approximate surface area is 128 Å². The monoisotopic (exact) mass is 284 g/mol. The first-order chi connectivity index (χ1) is 10.3. The number of piperidine rings is 2. The minimum atomic E-state index is 0.601. The maximum absolute atomic E-state index is 4.04. The molecule has 1 aliphatic carbocycles. The number of hydrogen-bond donors (Lipinski definition) is 1. The topological polar surface area (TPSA) is 15.3 Å². The Hall–Kier alpha value is -0.860. The van der Waals surface area contributed by atoms with Gasteiger partial charge in [-0.1, -0.05) is 30.7 Å². The van der Waals surface area contributed by atoms with Crippen LogP contribution in [0.2, 0.25) is 0 Å². The van der Waals surface area contributed by atoms with Crippen molar-refractivity contribution in [2.24, 2.45) is 0 Å². The van der Waals surface area contributed by atoms with Crippen LogP contribution >= 0.6 is 0 Å². The molecular weight excluding hydrogens is 256 g/mol. The molecule has 1 aromatic rings. The van der Waals surface area contributed by atoms with E-state index in [0.717, 1.165) is 18.1 Å². The van der Waals surface area contributed by atoms with Crippen LogP contribution < -0.4 is 5.32 Å². The summed E-state index contributed by atoms with van der Waals surface area (Å²) in [5.41, 5.74) is 3.15. The number of fused-ring (bicyclic) bond motifs is 3. The molecule has 21 heavy (non-hydrogen) atoms. The summed E-state index contributed by atoms with van der Waals surface area (Å²) in [7, 11) is 2.35. The van der Waals surface area contributed by atoms with Gasteiger partial charge in [-0.3, -0.25) is 0 Å². The van der Waals surface area contributed by atoms with Crippen LogP contribution in [0, 0.1) is 0 Å². The van der Waals surface area contributed by atoms with E-state index in [1.54, 1.807) is 11.1 Å². The van der Waals surface area contributed by atoms with Crippen molar-refractivity contribution in [1.82, 2.24) is 10.2 Å². The normalized spacial score (nSPS) is 36.2. The lowest BCUT2D eigenvalue weighted by Crippen LogP contribution is -2.55. The van der Waals surface area contributed by atoms with Gasteiger partial charge in [0.2, 0.25) is 0 Å². The molecule has 4 rings (SSSR count). The van der Waals surface area contributed by atoms with Gasteiger partial charge in [0.25, 0.3) is 0 Å². The molecule has 0 amide bonds. The molecule has 3 unspecified atom stereocenters. The lowest BCUT2D eigenvalue weighted by atomic mass is 9.81. The highest BCUT2D eigenvalue weighted by Gasteiger charge is 2.36. The van der Waals surface area contributed by atoms with Crippen LogP contribution in [0.1, 0.15) is 62.1 Å². The molecule has 2 fully saturated rings. The average molecular weight is 284 g/mol. The van der Waals surface area contributed by atoms with Crippen molar-refractivity contribution in [3.8, 4) is 0 Å². The molecule has 2 bridgehead atoms. The summed E-state index contributed by atoms with van der Waals surface area (Å²) < 4.78 is 0. The molecule has 1 N–H and O–H groups in total. The minimum Gasteiger partial charge on any atom is -0.307 e. The summed E-state index contributed by atoms with van der Waals surface area (Å²) in [6.07, 6.45) is 10.9. The second-order valence-corrected chi connectivity index (χ2v) is 7.38. The molecule has 2 aliphatic heterocycles. The van der Waals surface area contributed by atoms with Gasteiger partial charge in [0.05, 0.1) is 0 Å². The highest BCUT2D eigenvalue weighted by atomic mass is 15.2. The lowest BCUT2D eigenvalue weighted by molar-refractivity contribution is 0.0451. The van der Waals surface area contributed by atoms with Crippen molar-refractivity contribution in [2.75, 3.05) is 7.05 Å². The predicted octanol–water partition coefficient (Wildman–Crippen LogP) is 3.67. The summed E-state index contributed by atoms with van der Waals surface area (Å²) in [4.78, 5) is 2.66. The Kier molecular flexibility index (Phi) is 3.76. The fourth-order valence-corrected chi connectivity index (χ4v) is 4.96. The van der Waals surface area contributed by atoms with E-state index in [0.29, 0.717) is 6.04 Å². The first kappa shape index (κ1) is 13.8. The highest BCUT2D eigenvalue weighted by Crippen LogP contribution is 2.35. The van der Waals surface area contributed by atoms with Crippen LogP contribution in [0.25, 0.3) is 0 Å². The first-order valence-corrected chi connectivity index (χ1v) is 8.87. The third kappa shape index (κ3) is 2.64. The zero-order chi connectivity index (χ0) is 14.2. The van der Waals surface area contributed by atoms with Gasteiger partial charge in [0, 0.05) is 24.2 Å². The molecule has 2 heterocycles. The van der Waals surface area contributed by atoms with Crippen molar-refractivity contribution in [3.05, 3.63) is 35.4 Å². The molecule has 3 aliphatic rings. The van der Waals surface area contributed by atoms with E-state index in [2.05, 4.69) is 41.5 Å². The molecule has 0 saturated carbocycles. The molecule has 2 heteroatoms. The number of hydrogen-bond acceptors (Lipinski definition) is 2. The van der Waals surface area contributed by atoms with Gasteiger partial charge in [0.15, 0.2) is 0 Å². The van der Waals surface area contributed by atoms with Gasteiger partial charge in [0.1, 0.15) is 0 Å². The number of nitrogens with one attached hydrogen (secondary N) is 1. The van der Waals surface area contributed by atoms with E-state index < -0.39 is 0 Å². The van der Waals surface area contributed by atoms with Crippen molar-refractivity contribution < 1.29 is 0 Å². The van der Waals surface area contributed by atoms with Gasteiger partial charge in [-0.15, -0.1) is 0 Å². The largest absolute Gasteiger partial charge is 0.307 e. The molecule has 1 aromatic carbocycles. The third-order valence-corrected chi connectivity index (χ3v) is 6.15. The molecule has 0 aromatic heterocycles. The van der Waals surface area contributed by atoms with Gasteiger partial charge >= 0.3 is 0 Å². The molecule has 3 atom stereocenters. The number of rotatable bonds is 2. The van der Waals surface area contributed by atoms with E-state index in [1.165, 1.54) is 51.4 Å². The van der Waals surface area contributed by atoms with E-state index in [9.17, 15) is 0 Å². The quantitative estimate of drug-likeness (QED) is 0.891. The van der Waals surface area contributed by atoms with Crippen LogP contribution in [0.3, 0.4) is 0 Å². The van der Waals surface area contributed by atoms with Gasteiger partial charge in [-0.05, 0) is 63.1 Å². The Morgan fingerprint density at radius 3 is 2.57 bits per heavy atom. The third-order valence-electron chi connectivity index (χ3n) is 6.15. The zero-order valence-electron chi connectivity index (χ0n) is 13.2. The minimum absolute atomic E-state index is 0.601. The maximum atomic E-state index is 4.04. The molecule has 2 saturated heterocycles. The predicted molar refractivity (Wildman–Crippen MR) is 87.5 cm³/mol. The van der Waals surface area contributed by atoms with E-state index >= 15 is 0 Å². The number of benzene rings is 1. The van der Waals surface area contributed by atoms with Crippen LogP contribution in [-0.4, -0.2) is 30.1 Å². The Balaban J connectivity index is 1.48. The van der Waals surface area contributed by atoms with Gasteiger partial charge in [-0.2, -0.15) is 0 Å². The second-order valence-electron chi connectivity index (χ2n) is 7.38. The molecule has 2 nitrogen and oxygen atoms in total. The zero-order valence-corrected chi connectivity index (χ0v) is 13.2. The van der Waals surface area contributed by atoms with Crippen LogP contribution in [-0.2, 0) is 6.42 Å². The van der Waals surface area contributed by atoms with Gasteiger partial charge in [-0.25, -0.2) is 0 Å². The average Bonchev–Trinajstić information content (AvgIpc) is 2.49. The number of aryl methyl sites for hydroxylation is 1. The molecule has 0 radical (unpaired) electrons. The van der Waals surface area contributed by atoms with Crippen molar-refractivity contribution in [1.29, 1.82) is 0 Å². The van der Waals surface area contributed by atoms with E-state index in [-0.39, 0.29) is 0 Å². The first-order valence-electron chi connectivity index (χ1n) is 8.87. The second kappa shape index (κ2) is 5.73. The molecule has 114 valence electrons. The molecular formula is C19H28N2. The SMILES string of the molecule is CN1C2CCCC1CC(NC1CCCc3ccccc31)C2. The number of nitrogens with zero attached hydrogens (tertiary/aromatic N) is 1. The van der Waals surface area contributed by atoms with Gasteiger partial charge < -0.3 is 10.2 Å². The lowest BCUT2D eigenvalue weighted by Gasteiger charge is -2.48. The van der Waals surface area contributed by atoms with E-state index in [1.807, 2.05) is 0 Å². The van der Waals surface area contributed by atoms with Crippen LogP contribution in [0.15, 0.2) is 24.3 Å². The fraction of sp³-hybridized carbons (Fsp3) is 0.684. The Bertz CT molecular complexity index is 484. The summed E-state index contributed by atoms with van der Waals surface area (Å²) in [5, 5.41) is 4.04. The summed E-state index contributed by atoms with van der Waals surface area (Å²) in [5.74, 6) is 0. The van der Waals surface area contributed by atoms with Crippen LogP contribution in [0.4, 0.5) is 0 Å². The maximum Gasteiger partial charge on any atom is 0.0325 e. The Morgan fingerprint density at radius 1 is 1.00 bits per heavy atom. The highest BCUT2D eigenvalue weighted by molar-refractivity contribution is 5.32. The van der Waals surface area contributed by atoms with Crippen LogP contribution in [0.5, 0.6) is 0 Å². The molecule has 0 spiro atoms. The standard InChI is InChI=1S/C19H28N2/c1-21-16-8-5-9-17(21)13-15(12-16)20-19-11-4-7-14-6-2-3-10-18(14)19/h2-3,6,10,15-17,19-20H,4-5,7-9,11-13H2,1H3. The fourth-order valence-electron chi connectivity index (χ4n) is 4.96. The summed E-state index contributed by atoms with van der Waals surface area (Å²) in [6.45, 7) is 0. The van der Waals surface area contributed by atoms with E-state index in [4.69, 9.17) is 0 Å². The van der Waals surface area contributed by atoms with Crippen molar-refractivity contribution >= 4 is 0 Å². The Morgan fingerprint density at radius 2 is 1.76 bits per heavy atom.